The third-order valence-corrected chi connectivity index (χ3v) is 0. The van der Waals surface area contributed by atoms with E-state index < -0.39 is 5.97 Å². The Labute approximate surface area is 87.0 Å². The summed E-state index contributed by atoms with van der Waals surface area (Å²) in [5, 5.41) is 16.2. The van der Waals surface area contributed by atoms with Crippen molar-refractivity contribution in [2.75, 3.05) is 0 Å². The van der Waals surface area contributed by atoms with E-state index in [0.717, 1.165) is 6.92 Å². The summed E-state index contributed by atoms with van der Waals surface area (Å²) >= 11 is 0. The molecule has 0 bridgehead atoms. The summed E-state index contributed by atoms with van der Waals surface area (Å²) in [6.45, 7) is 2.40. The maximum Gasteiger partial charge on any atom is 1.00 e. The fourth-order valence-electron chi connectivity index (χ4n) is 0. The minimum absolute atomic E-state index is 0. The molecule has 6 nitrogen and oxygen atoms in total. The van der Waals surface area contributed by atoms with E-state index in [0.29, 0.717) is 0 Å². The Kier molecular flexibility index (Phi) is 212. The number of carboxylic acid groups (broad SMARTS) is 1. The number of carbonyl (C=O) groups is 1. The number of nitriles is 1. The van der Waals surface area contributed by atoms with Crippen LogP contribution < -0.4 is 34.7 Å². The van der Waals surface area contributed by atoms with E-state index in [1.165, 1.54) is 6.92 Å². The molecule has 0 radical (unpaired) electrons. The molecule has 0 aliphatic heterocycles. The molecule has 7 heteroatoms. The van der Waals surface area contributed by atoms with Gasteiger partial charge in [0.25, 0.3) is 0 Å². The van der Waals surface area contributed by atoms with E-state index in [-0.39, 0.29) is 46.0 Å². The zero-order valence-corrected chi connectivity index (χ0v) is 8.76. The Hall–Kier alpha value is -0.160. The summed E-state index contributed by atoms with van der Waals surface area (Å²) in [7, 11) is 0. The van der Waals surface area contributed by atoms with Crippen molar-refractivity contribution in [3.63, 3.8) is 0 Å². The molecule has 0 saturated heterocycles. The number of aliphatic carboxylic acids is 1. The van der Waals surface area contributed by atoms with E-state index in [4.69, 9.17) is 15.2 Å². The van der Waals surface area contributed by atoms with Gasteiger partial charge in [0.15, 0.2) is 0 Å². The molecule has 0 spiro atoms. The molecule has 0 heterocycles. The molecule has 0 atom stereocenters. The molecule has 6 N–H and O–H groups in total. The van der Waals surface area contributed by atoms with Crippen LogP contribution >= 0.6 is 0 Å². The van der Waals surface area contributed by atoms with Crippen LogP contribution in [0.1, 0.15) is 13.8 Å². The maximum atomic E-state index is 8.89. The summed E-state index contributed by atoms with van der Waals surface area (Å²) in [5.74, 6) is -1.08. The molecular weight excluding hydrogens is 165 g/mol. The van der Waals surface area contributed by atoms with Gasteiger partial charge in [-0.15, -0.1) is 0 Å². The van der Waals surface area contributed by atoms with Gasteiger partial charge in [0.05, 0.1) is 6.07 Å². The monoisotopic (exact) mass is 177 g/mol. The first-order valence-corrected chi connectivity index (χ1v) is 1.63. The van der Waals surface area contributed by atoms with Gasteiger partial charge in [0.1, 0.15) is 0 Å². The number of hydrogen-bond donors (Lipinski definition) is 0. The summed E-state index contributed by atoms with van der Waals surface area (Å²) < 4.78 is 0. The Morgan fingerprint density at radius 2 is 1.36 bits per heavy atom. The Balaban J connectivity index is -0.00000000848. The minimum Gasteiger partial charge on any atom is -0.550 e. The van der Waals surface area contributed by atoms with Crippen LogP contribution in [0.2, 0.25) is 0 Å². The van der Waals surface area contributed by atoms with E-state index >= 15 is 0 Å². The van der Waals surface area contributed by atoms with Crippen molar-refractivity contribution >= 4 is 5.97 Å². The van der Waals surface area contributed by atoms with Crippen LogP contribution in [0, 0.1) is 11.3 Å². The average molecular weight is 177 g/mol. The van der Waals surface area contributed by atoms with Crippen LogP contribution in [0.15, 0.2) is 0 Å². The number of carboxylic acids is 1. The first kappa shape index (κ1) is 44.8. The molecule has 0 rings (SSSR count). The predicted octanol–water partition coefficient (Wildman–Crippen LogP) is -6.18. The van der Waals surface area contributed by atoms with Crippen LogP contribution in [0.4, 0.5) is 0 Å². The van der Waals surface area contributed by atoms with E-state index in [1.54, 1.807) is 6.07 Å². The third kappa shape index (κ3) is 23600. The summed E-state index contributed by atoms with van der Waals surface area (Å²) in [4.78, 5) is 8.89. The van der Waals surface area contributed by atoms with Gasteiger partial charge in [-0.3, -0.25) is 0 Å². The van der Waals surface area contributed by atoms with Crippen LogP contribution in [-0.4, -0.2) is 22.4 Å². The van der Waals surface area contributed by atoms with Crippen molar-refractivity contribution in [1.82, 2.24) is 0 Å². The molecule has 0 aliphatic rings. The average Bonchev–Trinajstić information content (AvgIpc) is 1.33. The second kappa shape index (κ2) is 52.1. The Morgan fingerprint density at radius 1 is 1.36 bits per heavy atom. The van der Waals surface area contributed by atoms with Crippen molar-refractivity contribution in [2.45, 2.75) is 13.8 Å². The van der Waals surface area contributed by atoms with Gasteiger partial charge in [-0.1, -0.05) is 0 Å². The van der Waals surface area contributed by atoms with Crippen LogP contribution in [0.5, 0.6) is 0 Å². The first-order valence-electron chi connectivity index (χ1n) is 1.63. The van der Waals surface area contributed by atoms with Gasteiger partial charge in [0.2, 0.25) is 0 Å². The summed E-state index contributed by atoms with van der Waals surface area (Å²) in [6, 6.07) is 1.75. The second-order valence-electron chi connectivity index (χ2n) is 0.715. The number of rotatable bonds is 0. The van der Waals surface area contributed by atoms with Crippen LogP contribution in [0.25, 0.3) is 0 Å². The number of hydrogen-bond acceptors (Lipinski definition) is 3. The molecule has 0 fully saturated rings. The quantitative estimate of drug-likeness (QED) is 0.337. The van der Waals surface area contributed by atoms with Crippen molar-refractivity contribution in [3.05, 3.63) is 0 Å². The predicted molar refractivity (Wildman–Crippen MR) is 32.8 cm³/mol. The standard InChI is InChI=1S/C2H3N.C2H4O2.Na.3H2O/c1-2-3;1-2(3)4;;;;/h1H3;1H3,(H,3,4);;3*1H2/q;;+1;;;/p-1. The smallest absolute Gasteiger partial charge is 0.550 e. The van der Waals surface area contributed by atoms with E-state index in [9.17, 15) is 0 Å². The fraction of sp³-hybridized carbons (Fsp3) is 0.500. The van der Waals surface area contributed by atoms with Crippen molar-refractivity contribution in [2.24, 2.45) is 0 Å². The minimum atomic E-state index is -1.08. The van der Waals surface area contributed by atoms with E-state index in [1.807, 2.05) is 0 Å². The van der Waals surface area contributed by atoms with Gasteiger partial charge < -0.3 is 26.3 Å². The molecule has 0 aliphatic carbocycles. The molecule has 0 saturated carbocycles. The zero-order chi connectivity index (χ0) is 6.28. The van der Waals surface area contributed by atoms with E-state index in [2.05, 4.69) is 0 Å². The molecule has 0 unspecified atom stereocenters. The summed E-state index contributed by atoms with van der Waals surface area (Å²) in [6.07, 6.45) is 0. The summed E-state index contributed by atoms with van der Waals surface area (Å²) in [5.41, 5.74) is 0. The first-order chi connectivity index (χ1) is 3.15. The van der Waals surface area contributed by atoms with Crippen molar-refractivity contribution < 1.29 is 55.9 Å². The Morgan fingerprint density at radius 3 is 1.36 bits per heavy atom. The van der Waals surface area contributed by atoms with Crippen molar-refractivity contribution in [3.8, 4) is 6.07 Å². The fourth-order valence-corrected chi connectivity index (χ4v) is 0. The maximum absolute atomic E-state index is 8.89. The normalized spacial score (nSPS) is 3.00. The zero-order valence-electron chi connectivity index (χ0n) is 6.76. The van der Waals surface area contributed by atoms with Crippen LogP contribution in [-0.2, 0) is 4.79 Å². The molecule has 0 aromatic heterocycles. The largest absolute Gasteiger partial charge is 1.00 e. The molecule has 0 aromatic carbocycles. The van der Waals surface area contributed by atoms with Gasteiger partial charge in [-0.2, -0.15) is 5.26 Å². The SMILES string of the molecule is CC#N.CC(=O)[O-].O.O.O.[Na+]. The molecule has 0 amide bonds. The molecule has 11 heavy (non-hydrogen) atoms. The second-order valence-corrected chi connectivity index (χ2v) is 0.715. The van der Waals surface area contributed by atoms with Gasteiger partial charge in [-0.05, 0) is 6.92 Å². The molecule has 64 valence electrons. The van der Waals surface area contributed by atoms with Gasteiger partial charge in [-0.25, -0.2) is 0 Å². The van der Waals surface area contributed by atoms with Gasteiger partial charge in [0, 0.05) is 12.9 Å². The van der Waals surface area contributed by atoms with Crippen molar-refractivity contribution in [1.29, 1.82) is 5.26 Å². The Bertz CT molecular complexity index is 87.0. The molecule has 0 aromatic rings. The molecular formula is C4H12NNaO5. The topological polar surface area (TPSA) is 158 Å². The number of nitrogens with zero attached hydrogens (tertiary/aromatic N) is 1. The van der Waals surface area contributed by atoms with Gasteiger partial charge >= 0.3 is 29.6 Å². The third-order valence-electron chi connectivity index (χ3n) is 0. The van der Waals surface area contributed by atoms with Crippen LogP contribution in [0.3, 0.4) is 0 Å². The number of carbonyl (C=O) groups excluding carboxylic acids is 1.